The summed E-state index contributed by atoms with van der Waals surface area (Å²) >= 11 is 0. The standard InChI is InChI=1S/C17H18N2O2/c1-12-4-5-13(10-18)8-16(12)19-11-14-9-15(20-2)6-7-17(14)21-3/h4-9,19H,11H2,1-3H3. The Labute approximate surface area is 124 Å². The van der Waals surface area contributed by atoms with Crippen LogP contribution in [0.3, 0.4) is 0 Å². The van der Waals surface area contributed by atoms with Gasteiger partial charge in [0.2, 0.25) is 0 Å². The zero-order valence-corrected chi connectivity index (χ0v) is 12.4. The van der Waals surface area contributed by atoms with Gasteiger partial charge in [-0.15, -0.1) is 0 Å². The minimum absolute atomic E-state index is 0.593. The van der Waals surface area contributed by atoms with Crippen molar-refractivity contribution in [1.82, 2.24) is 0 Å². The monoisotopic (exact) mass is 282 g/mol. The Morgan fingerprint density at radius 1 is 1.10 bits per heavy atom. The molecule has 2 aromatic carbocycles. The molecule has 0 amide bonds. The molecule has 4 heteroatoms. The smallest absolute Gasteiger partial charge is 0.124 e. The summed E-state index contributed by atoms with van der Waals surface area (Å²) in [5, 5.41) is 12.3. The molecule has 2 rings (SSSR count). The van der Waals surface area contributed by atoms with E-state index in [0.717, 1.165) is 28.3 Å². The molecule has 0 heterocycles. The molecule has 2 aromatic rings. The van der Waals surface area contributed by atoms with E-state index in [0.29, 0.717) is 12.1 Å². The average Bonchev–Trinajstić information content (AvgIpc) is 2.53. The van der Waals surface area contributed by atoms with Crippen molar-refractivity contribution in [2.45, 2.75) is 13.5 Å². The molecular formula is C17H18N2O2. The minimum Gasteiger partial charge on any atom is -0.497 e. The van der Waals surface area contributed by atoms with E-state index in [1.54, 1.807) is 14.2 Å². The van der Waals surface area contributed by atoms with Gasteiger partial charge in [-0.05, 0) is 42.8 Å². The summed E-state index contributed by atoms with van der Waals surface area (Å²) in [4.78, 5) is 0. The van der Waals surface area contributed by atoms with Crippen LogP contribution in [0.1, 0.15) is 16.7 Å². The zero-order valence-electron chi connectivity index (χ0n) is 12.4. The molecule has 0 atom stereocenters. The number of nitriles is 1. The fraction of sp³-hybridized carbons (Fsp3) is 0.235. The second kappa shape index (κ2) is 6.67. The number of hydrogen-bond donors (Lipinski definition) is 1. The quantitative estimate of drug-likeness (QED) is 0.912. The number of aryl methyl sites for hydroxylation is 1. The van der Waals surface area contributed by atoms with Gasteiger partial charge >= 0.3 is 0 Å². The minimum atomic E-state index is 0.593. The number of ether oxygens (including phenoxy) is 2. The van der Waals surface area contributed by atoms with Crippen LogP contribution in [0.5, 0.6) is 11.5 Å². The van der Waals surface area contributed by atoms with Gasteiger partial charge in [0.05, 0.1) is 25.9 Å². The highest BCUT2D eigenvalue weighted by atomic mass is 16.5. The molecule has 1 N–H and O–H groups in total. The first-order chi connectivity index (χ1) is 10.2. The Morgan fingerprint density at radius 2 is 1.90 bits per heavy atom. The Hall–Kier alpha value is -2.67. The third-order valence-electron chi connectivity index (χ3n) is 3.32. The lowest BCUT2D eigenvalue weighted by molar-refractivity contribution is 0.399. The summed E-state index contributed by atoms with van der Waals surface area (Å²) < 4.78 is 10.6. The van der Waals surface area contributed by atoms with Gasteiger partial charge in [0.25, 0.3) is 0 Å². The Kier molecular flexibility index (Phi) is 4.68. The van der Waals surface area contributed by atoms with Crippen LogP contribution in [0.2, 0.25) is 0 Å². The van der Waals surface area contributed by atoms with Gasteiger partial charge in [-0.2, -0.15) is 5.26 Å². The summed E-state index contributed by atoms with van der Waals surface area (Å²) in [6.45, 7) is 2.60. The normalized spacial score (nSPS) is 9.81. The number of benzene rings is 2. The van der Waals surface area contributed by atoms with Crippen molar-refractivity contribution < 1.29 is 9.47 Å². The molecule has 0 unspecified atom stereocenters. The van der Waals surface area contributed by atoms with Crippen molar-refractivity contribution in [1.29, 1.82) is 5.26 Å². The van der Waals surface area contributed by atoms with E-state index < -0.39 is 0 Å². The molecule has 0 aliphatic carbocycles. The SMILES string of the molecule is COc1ccc(OC)c(CNc2cc(C#N)ccc2C)c1. The van der Waals surface area contributed by atoms with E-state index in [9.17, 15) is 0 Å². The average molecular weight is 282 g/mol. The summed E-state index contributed by atoms with van der Waals surface area (Å²) in [6.07, 6.45) is 0. The van der Waals surface area contributed by atoms with Crippen molar-refractivity contribution >= 4 is 5.69 Å². The lowest BCUT2D eigenvalue weighted by Gasteiger charge is -2.13. The zero-order chi connectivity index (χ0) is 15.2. The summed E-state index contributed by atoms with van der Waals surface area (Å²) in [5.74, 6) is 1.59. The van der Waals surface area contributed by atoms with Gasteiger partial charge in [-0.25, -0.2) is 0 Å². The van der Waals surface area contributed by atoms with E-state index in [2.05, 4.69) is 11.4 Å². The Bertz CT molecular complexity index is 675. The first kappa shape index (κ1) is 14.7. The maximum Gasteiger partial charge on any atom is 0.124 e. The van der Waals surface area contributed by atoms with E-state index in [1.165, 1.54) is 0 Å². The molecule has 0 bridgehead atoms. The molecule has 0 spiro atoms. The highest BCUT2D eigenvalue weighted by molar-refractivity contribution is 5.56. The van der Waals surface area contributed by atoms with Crippen LogP contribution >= 0.6 is 0 Å². The molecule has 0 saturated carbocycles. The number of rotatable bonds is 5. The molecule has 0 saturated heterocycles. The van der Waals surface area contributed by atoms with Crippen LogP contribution in [0.4, 0.5) is 5.69 Å². The van der Waals surface area contributed by atoms with E-state index >= 15 is 0 Å². The van der Waals surface area contributed by atoms with Crippen molar-refractivity contribution in [2.24, 2.45) is 0 Å². The molecule has 21 heavy (non-hydrogen) atoms. The molecule has 0 aliphatic rings. The van der Waals surface area contributed by atoms with Crippen LogP contribution < -0.4 is 14.8 Å². The van der Waals surface area contributed by atoms with E-state index in [4.69, 9.17) is 14.7 Å². The fourth-order valence-corrected chi connectivity index (χ4v) is 2.09. The number of hydrogen-bond acceptors (Lipinski definition) is 4. The lowest BCUT2D eigenvalue weighted by Crippen LogP contribution is -2.03. The first-order valence-corrected chi connectivity index (χ1v) is 6.63. The van der Waals surface area contributed by atoms with Crippen LogP contribution in [-0.2, 0) is 6.54 Å². The number of methoxy groups -OCH3 is 2. The highest BCUT2D eigenvalue weighted by Gasteiger charge is 2.06. The van der Waals surface area contributed by atoms with Crippen LogP contribution in [0, 0.1) is 18.3 Å². The first-order valence-electron chi connectivity index (χ1n) is 6.63. The molecule has 0 aromatic heterocycles. The van der Waals surface area contributed by atoms with E-state index in [1.807, 2.05) is 43.3 Å². The van der Waals surface area contributed by atoms with Gasteiger partial charge < -0.3 is 14.8 Å². The summed E-state index contributed by atoms with van der Waals surface area (Å²) in [7, 11) is 3.28. The summed E-state index contributed by atoms with van der Waals surface area (Å²) in [6, 6.07) is 13.4. The van der Waals surface area contributed by atoms with Gasteiger partial charge in [-0.1, -0.05) is 6.07 Å². The van der Waals surface area contributed by atoms with Gasteiger partial charge in [0.1, 0.15) is 11.5 Å². The van der Waals surface area contributed by atoms with Crippen molar-refractivity contribution in [3.63, 3.8) is 0 Å². The lowest BCUT2D eigenvalue weighted by atomic mass is 10.1. The molecule has 0 radical (unpaired) electrons. The third kappa shape index (κ3) is 3.46. The Balaban J connectivity index is 2.21. The highest BCUT2D eigenvalue weighted by Crippen LogP contribution is 2.25. The van der Waals surface area contributed by atoms with E-state index in [-0.39, 0.29) is 0 Å². The third-order valence-corrected chi connectivity index (χ3v) is 3.32. The number of nitrogens with zero attached hydrogens (tertiary/aromatic N) is 1. The van der Waals surface area contributed by atoms with Gasteiger partial charge in [0.15, 0.2) is 0 Å². The maximum atomic E-state index is 8.97. The molecular weight excluding hydrogens is 264 g/mol. The molecule has 0 fully saturated rings. The predicted octanol–water partition coefficient (Wildman–Crippen LogP) is 3.50. The van der Waals surface area contributed by atoms with Crippen molar-refractivity contribution in [3.05, 3.63) is 53.1 Å². The summed E-state index contributed by atoms with van der Waals surface area (Å²) in [5.41, 5.74) is 3.68. The number of anilines is 1. The fourth-order valence-electron chi connectivity index (χ4n) is 2.09. The topological polar surface area (TPSA) is 54.3 Å². The van der Waals surface area contributed by atoms with Gasteiger partial charge in [-0.3, -0.25) is 0 Å². The van der Waals surface area contributed by atoms with Crippen molar-refractivity contribution in [2.75, 3.05) is 19.5 Å². The van der Waals surface area contributed by atoms with Gasteiger partial charge in [0, 0.05) is 17.8 Å². The predicted molar refractivity (Wildman–Crippen MR) is 82.8 cm³/mol. The van der Waals surface area contributed by atoms with Crippen LogP contribution in [0.25, 0.3) is 0 Å². The second-order valence-electron chi connectivity index (χ2n) is 4.67. The van der Waals surface area contributed by atoms with Crippen LogP contribution in [-0.4, -0.2) is 14.2 Å². The second-order valence-corrected chi connectivity index (χ2v) is 4.67. The molecule has 108 valence electrons. The maximum absolute atomic E-state index is 8.97. The Morgan fingerprint density at radius 3 is 2.57 bits per heavy atom. The van der Waals surface area contributed by atoms with Crippen molar-refractivity contribution in [3.8, 4) is 17.6 Å². The molecule has 4 nitrogen and oxygen atoms in total. The number of nitrogens with one attached hydrogen (secondary N) is 1. The largest absolute Gasteiger partial charge is 0.497 e. The molecule has 0 aliphatic heterocycles. The van der Waals surface area contributed by atoms with Crippen LogP contribution in [0.15, 0.2) is 36.4 Å².